The summed E-state index contributed by atoms with van der Waals surface area (Å²) in [4.78, 5) is 15.4. The minimum atomic E-state index is -1.08. The number of rotatable bonds is 9. The third kappa shape index (κ3) is 7.05. The van der Waals surface area contributed by atoms with Gasteiger partial charge in [0.15, 0.2) is 2.12 Å². The number of nitrogens with one attached hydrogen (secondary N) is 1. The number of alkyl halides is 2. The fraction of sp³-hybridized carbons (Fsp3) is 0.500. The van der Waals surface area contributed by atoms with Crippen LogP contribution in [0, 0.1) is 5.92 Å². The first-order valence-corrected chi connectivity index (χ1v) is 14.0. The van der Waals surface area contributed by atoms with E-state index in [0.29, 0.717) is 18.8 Å². The molecule has 1 aliphatic rings. The zero-order chi connectivity index (χ0) is 24.9. The number of amides is 1. The summed E-state index contributed by atoms with van der Waals surface area (Å²) in [7, 11) is 0. The molecule has 0 saturated carbocycles. The maximum absolute atomic E-state index is 13.1. The topological polar surface area (TPSA) is 82.0 Å². The third-order valence-electron chi connectivity index (χ3n) is 6.70. The summed E-state index contributed by atoms with van der Waals surface area (Å²) < 4.78 is 6.04. The number of anilines is 1. The highest BCUT2D eigenvalue weighted by atomic mass is 127. The van der Waals surface area contributed by atoms with Crippen LogP contribution in [-0.2, 0) is 16.8 Å². The van der Waals surface area contributed by atoms with Crippen LogP contribution in [0.15, 0.2) is 48.5 Å². The van der Waals surface area contributed by atoms with Gasteiger partial charge < -0.3 is 20.3 Å². The van der Waals surface area contributed by atoms with Gasteiger partial charge >= 0.3 is 0 Å². The van der Waals surface area contributed by atoms with Gasteiger partial charge in [0.1, 0.15) is 5.75 Å². The lowest BCUT2D eigenvalue weighted by atomic mass is 9.83. The van der Waals surface area contributed by atoms with Gasteiger partial charge in [-0.25, -0.2) is 0 Å². The Bertz CT molecular complexity index is 967. The van der Waals surface area contributed by atoms with Gasteiger partial charge in [0.2, 0.25) is 5.91 Å². The monoisotopic (exact) mass is 692 g/mol. The molecule has 2 aromatic rings. The van der Waals surface area contributed by atoms with Crippen molar-refractivity contribution < 1.29 is 19.7 Å². The second-order valence-corrected chi connectivity index (χ2v) is 14.4. The Morgan fingerprint density at radius 3 is 2.56 bits per heavy atom. The third-order valence-corrected chi connectivity index (χ3v) is 7.21. The van der Waals surface area contributed by atoms with Crippen molar-refractivity contribution in [2.24, 2.45) is 5.92 Å². The molecule has 3 N–H and O–H groups in total. The number of piperidine rings is 1. The predicted molar refractivity (Wildman–Crippen MR) is 153 cm³/mol. The number of hydrogen-bond donors (Lipinski definition) is 3. The highest BCUT2D eigenvalue weighted by molar-refractivity contribution is 14.2. The molecule has 2 aromatic carbocycles. The Morgan fingerprint density at radius 2 is 1.91 bits per heavy atom. The van der Waals surface area contributed by atoms with E-state index in [4.69, 9.17) is 4.74 Å². The van der Waals surface area contributed by atoms with Crippen molar-refractivity contribution in [3.05, 3.63) is 59.7 Å². The SMILES string of the molecule is CC(C)(C(=O)Nc1ccc(CN2CCC[C@H]([C@](C)(O)CO)C2)c(OC(I)I)c1)c1ccccc1. The first-order valence-electron chi connectivity index (χ1n) is 11.5. The molecule has 1 heterocycles. The van der Waals surface area contributed by atoms with E-state index in [0.717, 1.165) is 36.3 Å². The zero-order valence-corrected chi connectivity index (χ0v) is 24.2. The highest BCUT2D eigenvalue weighted by Crippen LogP contribution is 2.33. The minimum Gasteiger partial charge on any atom is -0.470 e. The zero-order valence-electron chi connectivity index (χ0n) is 19.9. The van der Waals surface area contributed by atoms with Crippen molar-refractivity contribution in [1.29, 1.82) is 0 Å². The molecule has 0 spiro atoms. The first kappa shape index (κ1) is 27.6. The molecule has 6 nitrogen and oxygen atoms in total. The predicted octanol–water partition coefficient (Wildman–Crippen LogP) is 5.09. The molecule has 2 atom stereocenters. The van der Waals surface area contributed by atoms with E-state index in [1.165, 1.54) is 0 Å². The van der Waals surface area contributed by atoms with Crippen LogP contribution in [0.25, 0.3) is 0 Å². The van der Waals surface area contributed by atoms with Crippen molar-refractivity contribution in [3.63, 3.8) is 0 Å². The molecule has 0 radical (unpaired) electrons. The van der Waals surface area contributed by atoms with Gasteiger partial charge in [-0.05, 0) is 97.0 Å². The number of nitrogens with zero attached hydrogens (tertiary/aromatic N) is 1. The minimum absolute atomic E-state index is 0.0243. The standard InChI is InChI=1S/C26H34I2N2O4/c1-25(2,19-8-5-4-6-9-19)23(32)29-21-12-11-18(22(14-21)34-24(27)28)15-30-13-7-10-20(16-30)26(3,33)17-31/h4-6,8-9,11-12,14,20,24,31,33H,7,10,13,15-17H2,1-3H3,(H,29,32)/t20-,26+/m0/s1. The summed E-state index contributed by atoms with van der Waals surface area (Å²) in [5.41, 5.74) is 0.929. The van der Waals surface area contributed by atoms with Gasteiger partial charge in [-0.3, -0.25) is 9.69 Å². The Hall–Kier alpha value is -0.950. The largest absolute Gasteiger partial charge is 0.470 e. The molecule has 1 saturated heterocycles. The number of carbonyl (C=O) groups excluding carboxylic acids is 1. The van der Waals surface area contributed by atoms with Crippen molar-refractivity contribution in [1.82, 2.24) is 4.90 Å². The van der Waals surface area contributed by atoms with Gasteiger partial charge in [-0.15, -0.1) is 0 Å². The van der Waals surface area contributed by atoms with Crippen LogP contribution in [0.2, 0.25) is 0 Å². The van der Waals surface area contributed by atoms with Gasteiger partial charge in [-0.1, -0.05) is 36.4 Å². The van der Waals surface area contributed by atoms with Crippen LogP contribution in [0.5, 0.6) is 5.75 Å². The lowest BCUT2D eigenvalue weighted by Gasteiger charge is -2.39. The van der Waals surface area contributed by atoms with Crippen LogP contribution in [0.1, 0.15) is 44.7 Å². The van der Waals surface area contributed by atoms with E-state index in [1.807, 2.05) is 62.4 Å². The van der Waals surface area contributed by atoms with Crippen LogP contribution in [0.4, 0.5) is 5.69 Å². The fourth-order valence-corrected chi connectivity index (χ4v) is 4.87. The molecule has 0 aliphatic carbocycles. The van der Waals surface area contributed by atoms with Gasteiger partial charge in [0, 0.05) is 36.3 Å². The summed E-state index contributed by atoms with van der Waals surface area (Å²) >= 11 is 4.43. The number of halogens is 2. The van der Waals surface area contributed by atoms with E-state index >= 15 is 0 Å². The van der Waals surface area contributed by atoms with Crippen molar-refractivity contribution in [2.45, 2.75) is 53.3 Å². The molecule has 186 valence electrons. The van der Waals surface area contributed by atoms with E-state index in [9.17, 15) is 15.0 Å². The summed E-state index contributed by atoms with van der Waals surface area (Å²) in [6, 6.07) is 15.6. The Morgan fingerprint density at radius 1 is 1.21 bits per heavy atom. The molecular weight excluding hydrogens is 658 g/mol. The number of likely N-dealkylation sites (tertiary alicyclic amines) is 1. The lowest BCUT2D eigenvalue weighted by Crippen LogP contribution is -2.47. The smallest absolute Gasteiger partial charge is 0.234 e. The van der Waals surface area contributed by atoms with Gasteiger partial charge in [0.05, 0.1) is 17.6 Å². The number of ether oxygens (including phenoxy) is 1. The number of hydrogen-bond acceptors (Lipinski definition) is 5. The Kier molecular flexibility index (Phi) is 9.64. The van der Waals surface area contributed by atoms with Crippen LogP contribution >= 0.6 is 45.2 Å². The van der Waals surface area contributed by atoms with E-state index < -0.39 is 11.0 Å². The van der Waals surface area contributed by atoms with Crippen molar-refractivity contribution in [3.8, 4) is 5.75 Å². The van der Waals surface area contributed by atoms with Gasteiger partial charge in [-0.2, -0.15) is 0 Å². The van der Waals surface area contributed by atoms with Crippen LogP contribution in [-0.4, -0.2) is 48.4 Å². The second-order valence-electron chi connectivity index (χ2n) is 9.74. The quantitative estimate of drug-likeness (QED) is 0.252. The molecule has 34 heavy (non-hydrogen) atoms. The van der Waals surface area contributed by atoms with E-state index in [2.05, 4.69) is 55.4 Å². The number of carbonyl (C=O) groups is 1. The summed E-state index contributed by atoms with van der Waals surface area (Å²) in [6.45, 7) is 7.64. The summed E-state index contributed by atoms with van der Waals surface area (Å²) in [5.74, 6) is 0.680. The van der Waals surface area contributed by atoms with Crippen LogP contribution < -0.4 is 10.1 Å². The molecular formula is C26H34I2N2O4. The molecule has 0 bridgehead atoms. The molecule has 3 rings (SSSR count). The number of aliphatic hydroxyl groups excluding tert-OH is 1. The molecule has 1 aliphatic heterocycles. The first-order chi connectivity index (χ1) is 16.0. The van der Waals surface area contributed by atoms with Crippen molar-refractivity contribution in [2.75, 3.05) is 25.0 Å². The average Bonchev–Trinajstić information content (AvgIpc) is 2.81. The fourth-order valence-electron chi connectivity index (χ4n) is 4.32. The molecule has 0 aromatic heterocycles. The average molecular weight is 692 g/mol. The maximum Gasteiger partial charge on any atom is 0.234 e. The van der Waals surface area contributed by atoms with E-state index in [1.54, 1.807) is 6.92 Å². The normalized spacial score (nSPS) is 19.0. The molecule has 1 amide bonds. The summed E-state index contributed by atoms with van der Waals surface area (Å²) in [6.07, 6.45) is 1.88. The summed E-state index contributed by atoms with van der Waals surface area (Å²) in [5, 5.41) is 23.2. The second kappa shape index (κ2) is 11.9. The van der Waals surface area contributed by atoms with E-state index in [-0.39, 0.29) is 20.5 Å². The van der Waals surface area contributed by atoms with Crippen LogP contribution in [0.3, 0.4) is 0 Å². The number of aliphatic hydroxyl groups is 2. The Labute approximate surface area is 229 Å². The van der Waals surface area contributed by atoms with Crippen molar-refractivity contribution >= 4 is 56.8 Å². The number of benzene rings is 2. The maximum atomic E-state index is 13.1. The molecule has 0 unspecified atom stereocenters. The Balaban J connectivity index is 1.77. The van der Waals surface area contributed by atoms with Gasteiger partial charge in [0.25, 0.3) is 0 Å². The lowest BCUT2D eigenvalue weighted by molar-refractivity contribution is -0.120. The molecule has 8 heteroatoms. The molecule has 1 fully saturated rings. The highest BCUT2D eigenvalue weighted by Gasteiger charge is 2.35.